The van der Waals surface area contributed by atoms with Crippen molar-refractivity contribution in [1.82, 2.24) is 0 Å². The van der Waals surface area contributed by atoms with E-state index in [1.54, 1.807) is 0 Å². The van der Waals surface area contributed by atoms with Gasteiger partial charge in [0.1, 0.15) is 0 Å². The third-order valence-corrected chi connectivity index (χ3v) is 4.37. The first-order chi connectivity index (χ1) is 7.79. The molecule has 0 saturated heterocycles. The van der Waals surface area contributed by atoms with Gasteiger partial charge in [0.05, 0.1) is 0 Å². The molecule has 1 saturated carbocycles. The van der Waals surface area contributed by atoms with E-state index in [1.165, 1.54) is 10.9 Å². The van der Waals surface area contributed by atoms with Crippen LogP contribution in [-0.4, -0.2) is 25.7 Å². The van der Waals surface area contributed by atoms with Gasteiger partial charge in [-0.3, -0.25) is 0 Å². The van der Waals surface area contributed by atoms with E-state index in [0.29, 0.717) is 0 Å². The van der Waals surface area contributed by atoms with Gasteiger partial charge < -0.3 is 0 Å². The molecule has 1 aliphatic rings. The molecule has 16 heavy (non-hydrogen) atoms. The van der Waals surface area contributed by atoms with Crippen LogP contribution in [0.2, 0.25) is 0 Å². The van der Waals surface area contributed by atoms with Crippen molar-refractivity contribution in [2.24, 2.45) is 0 Å². The summed E-state index contributed by atoms with van der Waals surface area (Å²) in [5.41, 5.74) is -0.686. The molecule has 0 aromatic heterocycles. The summed E-state index contributed by atoms with van der Waals surface area (Å²) in [4.78, 5) is 3.17. The van der Waals surface area contributed by atoms with Crippen molar-refractivity contribution < 1.29 is 5.11 Å². The van der Waals surface area contributed by atoms with E-state index >= 15 is 0 Å². The van der Waals surface area contributed by atoms with Crippen molar-refractivity contribution >= 4 is 19.4 Å². The first kappa shape index (κ1) is 11.7. The van der Waals surface area contributed by atoms with Crippen molar-refractivity contribution in [2.45, 2.75) is 37.7 Å². The molecule has 2 heteroatoms. The average Bonchev–Trinajstić information content (AvgIpc) is 2.31. The van der Waals surface area contributed by atoms with Gasteiger partial charge in [-0.25, -0.2) is 0 Å². The molecular formula is C14H16OSe. The number of rotatable bonds is 1. The van der Waals surface area contributed by atoms with Gasteiger partial charge >= 0.3 is 103 Å². The zero-order valence-corrected chi connectivity index (χ0v) is 11.0. The van der Waals surface area contributed by atoms with Crippen LogP contribution in [0.4, 0.5) is 0 Å². The summed E-state index contributed by atoms with van der Waals surface area (Å²) in [6.45, 7) is 0. The summed E-state index contributed by atoms with van der Waals surface area (Å²) in [6, 6.07) is 10.3. The Kier molecular flexibility index (Phi) is 4.07. The molecule has 0 heterocycles. The predicted octanol–water partition coefficient (Wildman–Crippen LogP) is 1.67. The third-order valence-electron chi connectivity index (χ3n) is 2.88. The first-order valence-corrected chi connectivity index (χ1v) is 7.46. The van der Waals surface area contributed by atoms with Crippen LogP contribution < -0.4 is 4.46 Å². The minimum atomic E-state index is -0.686. The molecule has 1 nitrogen and oxygen atoms in total. The van der Waals surface area contributed by atoms with Crippen LogP contribution in [-0.2, 0) is 0 Å². The standard InChI is InChI=1S/C14H16OSe/c15-14(9-5-2-6-10-14)11-12-16-13-7-3-1-4-8-13/h1,3-4,7-8,15H,2,5-6,9-10H2. The Labute approximate surface area is 103 Å². The van der Waals surface area contributed by atoms with Gasteiger partial charge in [-0.2, -0.15) is 0 Å². The topological polar surface area (TPSA) is 20.2 Å². The summed E-state index contributed by atoms with van der Waals surface area (Å²) >= 11 is 0.175. The molecule has 0 amide bonds. The molecule has 0 atom stereocenters. The fraction of sp³-hybridized carbons (Fsp3) is 0.429. The SMILES string of the molecule is OC1(C#C[Se]c2ccccc2)CCCCC1. The minimum absolute atomic E-state index is 0.175. The Hall–Kier alpha value is -0.741. The van der Waals surface area contributed by atoms with Crippen LogP contribution in [0.25, 0.3) is 0 Å². The maximum absolute atomic E-state index is 10.2. The number of benzene rings is 1. The maximum atomic E-state index is 10.2. The molecule has 2 rings (SSSR count). The summed E-state index contributed by atoms with van der Waals surface area (Å²) in [7, 11) is 0. The van der Waals surface area contributed by atoms with Gasteiger partial charge in [0, 0.05) is 0 Å². The molecule has 84 valence electrons. The molecule has 0 unspecified atom stereocenters. The van der Waals surface area contributed by atoms with Gasteiger partial charge in [-0.15, -0.1) is 0 Å². The Morgan fingerprint density at radius 3 is 2.44 bits per heavy atom. The van der Waals surface area contributed by atoms with Gasteiger partial charge in [0.2, 0.25) is 0 Å². The fourth-order valence-corrected chi connectivity index (χ4v) is 3.30. The van der Waals surface area contributed by atoms with Crippen LogP contribution in [0.1, 0.15) is 32.1 Å². The van der Waals surface area contributed by atoms with Gasteiger partial charge in [-0.05, 0) is 0 Å². The number of aliphatic hydroxyl groups is 1. The third kappa shape index (κ3) is 3.39. The number of hydrogen-bond acceptors (Lipinski definition) is 1. The molecule has 1 aromatic rings. The van der Waals surface area contributed by atoms with Crippen molar-refractivity contribution in [3.8, 4) is 10.7 Å². The summed E-state index contributed by atoms with van der Waals surface area (Å²) in [5, 5.41) is 10.2. The normalized spacial score (nSPS) is 18.6. The van der Waals surface area contributed by atoms with E-state index in [2.05, 4.69) is 22.9 Å². The van der Waals surface area contributed by atoms with E-state index in [9.17, 15) is 5.11 Å². The molecule has 0 radical (unpaired) electrons. The van der Waals surface area contributed by atoms with E-state index in [4.69, 9.17) is 0 Å². The predicted molar refractivity (Wildman–Crippen MR) is 67.6 cm³/mol. The second kappa shape index (κ2) is 5.55. The van der Waals surface area contributed by atoms with Crippen LogP contribution in [0.5, 0.6) is 0 Å². The Morgan fingerprint density at radius 2 is 1.75 bits per heavy atom. The molecule has 1 fully saturated rings. The Bertz CT molecular complexity index is 382. The second-order valence-corrected chi connectivity index (χ2v) is 6.08. The molecule has 1 aromatic carbocycles. The number of hydrogen-bond donors (Lipinski definition) is 1. The van der Waals surface area contributed by atoms with Gasteiger partial charge in [0.25, 0.3) is 0 Å². The van der Waals surface area contributed by atoms with Gasteiger partial charge in [0.15, 0.2) is 0 Å². The molecule has 0 aliphatic heterocycles. The molecule has 0 bridgehead atoms. The Balaban J connectivity index is 1.94. The van der Waals surface area contributed by atoms with Gasteiger partial charge in [-0.1, -0.05) is 0 Å². The fourth-order valence-electron chi connectivity index (χ4n) is 1.93. The van der Waals surface area contributed by atoms with E-state index < -0.39 is 5.60 Å². The monoisotopic (exact) mass is 280 g/mol. The zero-order valence-electron chi connectivity index (χ0n) is 9.28. The van der Waals surface area contributed by atoms with E-state index in [1.807, 2.05) is 18.2 Å². The van der Waals surface area contributed by atoms with E-state index in [-0.39, 0.29) is 15.0 Å². The second-order valence-electron chi connectivity index (χ2n) is 4.23. The van der Waals surface area contributed by atoms with Crippen molar-refractivity contribution in [2.75, 3.05) is 0 Å². The van der Waals surface area contributed by atoms with Crippen molar-refractivity contribution in [1.29, 1.82) is 0 Å². The van der Waals surface area contributed by atoms with Crippen LogP contribution >= 0.6 is 0 Å². The summed E-state index contributed by atoms with van der Waals surface area (Å²) < 4.78 is 1.28. The van der Waals surface area contributed by atoms with Crippen molar-refractivity contribution in [3.63, 3.8) is 0 Å². The van der Waals surface area contributed by atoms with Crippen LogP contribution in [0, 0.1) is 10.7 Å². The Morgan fingerprint density at radius 1 is 1.06 bits per heavy atom. The van der Waals surface area contributed by atoms with E-state index in [0.717, 1.165) is 25.7 Å². The van der Waals surface area contributed by atoms with Crippen molar-refractivity contribution in [3.05, 3.63) is 30.3 Å². The zero-order chi connectivity index (χ0) is 11.3. The van der Waals surface area contributed by atoms with Crippen LogP contribution in [0.3, 0.4) is 0 Å². The average molecular weight is 279 g/mol. The summed E-state index contributed by atoms with van der Waals surface area (Å²) in [6.07, 6.45) is 5.18. The molecule has 0 spiro atoms. The molecular weight excluding hydrogens is 263 g/mol. The molecule has 1 aliphatic carbocycles. The first-order valence-electron chi connectivity index (χ1n) is 5.75. The summed E-state index contributed by atoms with van der Waals surface area (Å²) in [5.74, 6) is 3.08. The quantitative estimate of drug-likeness (QED) is 0.612. The molecule has 1 N–H and O–H groups in total. The van der Waals surface area contributed by atoms with Crippen LogP contribution in [0.15, 0.2) is 30.3 Å².